The zero-order chi connectivity index (χ0) is 9.68. The van der Waals surface area contributed by atoms with Gasteiger partial charge in [0.2, 0.25) is 5.88 Å². The van der Waals surface area contributed by atoms with Gasteiger partial charge in [0, 0.05) is 17.8 Å². The summed E-state index contributed by atoms with van der Waals surface area (Å²) in [5.41, 5.74) is 0.911. The molecule has 0 atom stereocenters. The van der Waals surface area contributed by atoms with E-state index in [-0.39, 0.29) is 0 Å². The van der Waals surface area contributed by atoms with Crippen LogP contribution in [0.5, 0.6) is 11.6 Å². The van der Waals surface area contributed by atoms with E-state index in [9.17, 15) is 0 Å². The van der Waals surface area contributed by atoms with Gasteiger partial charge in [-0.05, 0) is 20.8 Å². The van der Waals surface area contributed by atoms with Crippen molar-refractivity contribution in [3.63, 3.8) is 0 Å². The van der Waals surface area contributed by atoms with Crippen molar-refractivity contribution in [3.8, 4) is 11.6 Å². The molecule has 0 aromatic carbocycles. The third kappa shape index (κ3) is 2.93. The van der Waals surface area contributed by atoms with Crippen molar-refractivity contribution in [1.82, 2.24) is 4.98 Å². The monoisotopic (exact) mass is 181 g/mol. The topological polar surface area (TPSA) is 31.4 Å². The molecule has 3 heteroatoms. The Morgan fingerprint density at radius 2 is 1.85 bits per heavy atom. The minimum absolute atomic E-state index is 0.627. The number of aryl methyl sites for hydroxylation is 1. The summed E-state index contributed by atoms with van der Waals surface area (Å²) < 4.78 is 10.6. The normalized spacial score (nSPS) is 9.77. The molecule has 1 heterocycles. The predicted octanol–water partition coefficient (Wildman–Crippen LogP) is 2.19. The second kappa shape index (κ2) is 4.70. The van der Waals surface area contributed by atoms with Gasteiger partial charge in [-0.15, -0.1) is 0 Å². The maximum Gasteiger partial charge on any atom is 0.217 e. The molecule has 0 aliphatic rings. The lowest BCUT2D eigenvalue weighted by atomic mass is 10.3. The first-order valence-electron chi connectivity index (χ1n) is 4.50. The second-order valence-corrected chi connectivity index (χ2v) is 2.65. The number of hydrogen-bond acceptors (Lipinski definition) is 3. The SMILES string of the molecule is CCOc1cc(C)nc(OCC)c1. The maximum absolute atomic E-state index is 5.35. The van der Waals surface area contributed by atoms with Gasteiger partial charge in [-0.2, -0.15) is 0 Å². The highest BCUT2D eigenvalue weighted by Crippen LogP contribution is 2.18. The predicted molar refractivity (Wildman–Crippen MR) is 51.3 cm³/mol. The molecule has 0 radical (unpaired) electrons. The van der Waals surface area contributed by atoms with Gasteiger partial charge in [0.05, 0.1) is 13.2 Å². The van der Waals surface area contributed by atoms with E-state index < -0.39 is 0 Å². The molecule has 1 rings (SSSR count). The number of hydrogen-bond donors (Lipinski definition) is 0. The van der Waals surface area contributed by atoms with E-state index in [1.165, 1.54) is 0 Å². The number of nitrogens with zero attached hydrogens (tertiary/aromatic N) is 1. The zero-order valence-corrected chi connectivity index (χ0v) is 8.33. The molecule has 0 saturated carbocycles. The lowest BCUT2D eigenvalue weighted by molar-refractivity contribution is 0.313. The van der Waals surface area contributed by atoms with Crippen molar-refractivity contribution < 1.29 is 9.47 Å². The molecule has 72 valence electrons. The first-order chi connectivity index (χ1) is 6.26. The average Bonchev–Trinajstić information content (AvgIpc) is 2.04. The van der Waals surface area contributed by atoms with E-state index in [4.69, 9.17) is 9.47 Å². The van der Waals surface area contributed by atoms with E-state index in [0.717, 1.165) is 11.4 Å². The van der Waals surface area contributed by atoms with Gasteiger partial charge in [-0.25, -0.2) is 4.98 Å². The van der Waals surface area contributed by atoms with Crippen LogP contribution in [0, 0.1) is 6.92 Å². The standard InChI is InChI=1S/C10H15NO2/c1-4-12-9-6-8(3)11-10(7-9)13-5-2/h6-7H,4-5H2,1-3H3. The molecule has 0 aliphatic carbocycles. The molecule has 0 bridgehead atoms. The van der Waals surface area contributed by atoms with Crippen molar-refractivity contribution >= 4 is 0 Å². The fourth-order valence-corrected chi connectivity index (χ4v) is 1.08. The first kappa shape index (κ1) is 9.84. The van der Waals surface area contributed by atoms with Gasteiger partial charge < -0.3 is 9.47 Å². The molecule has 3 nitrogen and oxygen atoms in total. The number of pyridine rings is 1. The lowest BCUT2D eigenvalue weighted by Crippen LogP contribution is -1.98. The Morgan fingerprint density at radius 3 is 2.46 bits per heavy atom. The highest BCUT2D eigenvalue weighted by molar-refractivity contribution is 5.29. The van der Waals surface area contributed by atoms with Crippen LogP contribution in [-0.2, 0) is 0 Å². The Morgan fingerprint density at radius 1 is 1.15 bits per heavy atom. The molecule has 0 aliphatic heterocycles. The fraction of sp³-hybridized carbons (Fsp3) is 0.500. The highest BCUT2D eigenvalue weighted by Gasteiger charge is 2.00. The molecule has 0 fully saturated rings. The van der Waals surface area contributed by atoms with Crippen LogP contribution in [-0.4, -0.2) is 18.2 Å². The van der Waals surface area contributed by atoms with Crippen molar-refractivity contribution in [2.45, 2.75) is 20.8 Å². The van der Waals surface area contributed by atoms with Crippen LogP contribution in [0.4, 0.5) is 0 Å². The lowest BCUT2D eigenvalue weighted by Gasteiger charge is -2.07. The van der Waals surface area contributed by atoms with Gasteiger partial charge in [0.1, 0.15) is 5.75 Å². The quantitative estimate of drug-likeness (QED) is 0.713. The van der Waals surface area contributed by atoms with Crippen LogP contribution >= 0.6 is 0 Å². The molecule has 0 N–H and O–H groups in total. The van der Waals surface area contributed by atoms with Gasteiger partial charge in [-0.1, -0.05) is 0 Å². The number of aromatic nitrogens is 1. The van der Waals surface area contributed by atoms with Crippen LogP contribution in [0.15, 0.2) is 12.1 Å². The molecular weight excluding hydrogens is 166 g/mol. The van der Waals surface area contributed by atoms with E-state index in [1.54, 1.807) is 6.07 Å². The Hall–Kier alpha value is -1.25. The van der Waals surface area contributed by atoms with Crippen LogP contribution < -0.4 is 9.47 Å². The van der Waals surface area contributed by atoms with Crippen LogP contribution in [0.25, 0.3) is 0 Å². The van der Waals surface area contributed by atoms with Crippen LogP contribution in [0.2, 0.25) is 0 Å². The first-order valence-corrected chi connectivity index (χ1v) is 4.50. The van der Waals surface area contributed by atoms with E-state index >= 15 is 0 Å². The van der Waals surface area contributed by atoms with Gasteiger partial charge in [0.25, 0.3) is 0 Å². The summed E-state index contributed by atoms with van der Waals surface area (Å²) >= 11 is 0. The number of ether oxygens (including phenoxy) is 2. The fourth-order valence-electron chi connectivity index (χ4n) is 1.08. The molecule has 0 unspecified atom stereocenters. The van der Waals surface area contributed by atoms with Crippen LogP contribution in [0.3, 0.4) is 0 Å². The molecule has 13 heavy (non-hydrogen) atoms. The molecular formula is C10H15NO2. The van der Waals surface area contributed by atoms with Gasteiger partial charge >= 0.3 is 0 Å². The third-order valence-electron chi connectivity index (χ3n) is 1.51. The third-order valence-corrected chi connectivity index (χ3v) is 1.51. The smallest absolute Gasteiger partial charge is 0.217 e. The Balaban J connectivity index is 2.83. The molecule has 0 spiro atoms. The average molecular weight is 181 g/mol. The summed E-state index contributed by atoms with van der Waals surface area (Å²) in [4.78, 5) is 4.20. The second-order valence-electron chi connectivity index (χ2n) is 2.65. The molecule has 1 aromatic rings. The molecule has 0 amide bonds. The van der Waals surface area contributed by atoms with E-state index in [0.29, 0.717) is 19.1 Å². The summed E-state index contributed by atoms with van der Waals surface area (Å²) in [5, 5.41) is 0. The summed E-state index contributed by atoms with van der Waals surface area (Å²) in [7, 11) is 0. The summed E-state index contributed by atoms with van der Waals surface area (Å²) in [6.45, 7) is 7.10. The summed E-state index contributed by atoms with van der Waals surface area (Å²) in [6.07, 6.45) is 0. The van der Waals surface area contributed by atoms with Gasteiger partial charge in [-0.3, -0.25) is 0 Å². The Labute approximate surface area is 78.7 Å². The summed E-state index contributed by atoms with van der Waals surface area (Å²) in [6, 6.07) is 3.70. The van der Waals surface area contributed by atoms with Crippen molar-refractivity contribution in [2.24, 2.45) is 0 Å². The summed E-state index contributed by atoms with van der Waals surface area (Å²) in [5.74, 6) is 1.45. The van der Waals surface area contributed by atoms with Crippen molar-refractivity contribution in [2.75, 3.05) is 13.2 Å². The molecule has 1 aromatic heterocycles. The maximum atomic E-state index is 5.35. The highest BCUT2D eigenvalue weighted by atomic mass is 16.5. The van der Waals surface area contributed by atoms with E-state index in [1.807, 2.05) is 26.8 Å². The Bertz CT molecular complexity index is 249. The van der Waals surface area contributed by atoms with Crippen molar-refractivity contribution in [3.05, 3.63) is 17.8 Å². The zero-order valence-electron chi connectivity index (χ0n) is 8.33. The minimum Gasteiger partial charge on any atom is -0.494 e. The minimum atomic E-state index is 0.627. The number of rotatable bonds is 4. The van der Waals surface area contributed by atoms with Gasteiger partial charge in [0.15, 0.2) is 0 Å². The molecule has 0 saturated heterocycles. The Kier molecular flexibility index (Phi) is 3.55. The van der Waals surface area contributed by atoms with Crippen LogP contribution in [0.1, 0.15) is 19.5 Å². The largest absolute Gasteiger partial charge is 0.494 e. The van der Waals surface area contributed by atoms with Crippen molar-refractivity contribution in [1.29, 1.82) is 0 Å². The van der Waals surface area contributed by atoms with E-state index in [2.05, 4.69) is 4.98 Å².